The first-order valence-electron chi connectivity index (χ1n) is 5.17. The fourth-order valence-corrected chi connectivity index (χ4v) is 1.30. The van der Waals surface area contributed by atoms with Gasteiger partial charge >= 0.3 is 0 Å². The van der Waals surface area contributed by atoms with Crippen molar-refractivity contribution >= 4 is 12.3 Å². The minimum atomic E-state index is 0. The molecular formula is C14H13IN2. The van der Waals surface area contributed by atoms with Crippen LogP contribution in [0, 0.1) is 0 Å². The van der Waals surface area contributed by atoms with Crippen molar-refractivity contribution in [3.8, 4) is 0 Å². The number of allylic oxidation sites excluding steroid dienone is 1. The van der Waals surface area contributed by atoms with Gasteiger partial charge < -0.3 is 24.0 Å². The van der Waals surface area contributed by atoms with E-state index in [9.17, 15) is 0 Å². The average Bonchev–Trinajstić information content (AvgIpc) is 2.37. The molecule has 1 aromatic carbocycles. The summed E-state index contributed by atoms with van der Waals surface area (Å²) in [7, 11) is 0. The SMILES string of the molecule is C(=Cc1ccccc1)C=N[n+]1ccccc1.[I-]. The summed E-state index contributed by atoms with van der Waals surface area (Å²) in [5.41, 5.74) is 1.17. The molecule has 0 atom stereocenters. The first-order chi connectivity index (χ1) is 7.95. The van der Waals surface area contributed by atoms with Gasteiger partial charge in [-0.3, -0.25) is 0 Å². The van der Waals surface area contributed by atoms with E-state index in [1.807, 2.05) is 60.9 Å². The van der Waals surface area contributed by atoms with Gasteiger partial charge in [0.05, 0.1) is 6.21 Å². The van der Waals surface area contributed by atoms with E-state index in [2.05, 4.69) is 17.2 Å². The molecule has 1 aromatic heterocycles. The summed E-state index contributed by atoms with van der Waals surface area (Å²) < 4.78 is 1.76. The number of hydrogen-bond donors (Lipinski definition) is 0. The Morgan fingerprint density at radius 3 is 2.24 bits per heavy atom. The zero-order valence-corrected chi connectivity index (χ0v) is 11.4. The molecule has 0 unspecified atom stereocenters. The summed E-state index contributed by atoms with van der Waals surface area (Å²) in [5.74, 6) is 0. The summed E-state index contributed by atoms with van der Waals surface area (Å²) in [6.45, 7) is 0. The van der Waals surface area contributed by atoms with Crippen LogP contribution in [0.1, 0.15) is 5.56 Å². The van der Waals surface area contributed by atoms with E-state index in [0.29, 0.717) is 0 Å². The molecule has 0 bridgehead atoms. The smallest absolute Gasteiger partial charge is 0.202 e. The van der Waals surface area contributed by atoms with Crippen molar-refractivity contribution in [3.63, 3.8) is 0 Å². The molecule has 2 nitrogen and oxygen atoms in total. The van der Waals surface area contributed by atoms with Gasteiger partial charge in [0.15, 0.2) is 0 Å². The van der Waals surface area contributed by atoms with E-state index in [-0.39, 0.29) is 24.0 Å². The summed E-state index contributed by atoms with van der Waals surface area (Å²) in [6, 6.07) is 16.0. The minimum Gasteiger partial charge on any atom is -1.00 e. The van der Waals surface area contributed by atoms with Crippen LogP contribution in [-0.4, -0.2) is 6.21 Å². The summed E-state index contributed by atoms with van der Waals surface area (Å²) in [6.07, 6.45) is 9.51. The van der Waals surface area contributed by atoms with Crippen molar-refractivity contribution in [3.05, 3.63) is 72.6 Å². The van der Waals surface area contributed by atoms with Crippen molar-refractivity contribution < 1.29 is 28.7 Å². The largest absolute Gasteiger partial charge is 1.00 e. The van der Waals surface area contributed by atoms with Crippen molar-refractivity contribution in [2.75, 3.05) is 0 Å². The molecule has 0 aliphatic carbocycles. The van der Waals surface area contributed by atoms with E-state index in [1.165, 1.54) is 5.56 Å². The Morgan fingerprint density at radius 1 is 0.882 bits per heavy atom. The highest BCUT2D eigenvalue weighted by Crippen LogP contribution is 1.99. The van der Waals surface area contributed by atoms with E-state index >= 15 is 0 Å². The minimum absolute atomic E-state index is 0. The highest BCUT2D eigenvalue weighted by Gasteiger charge is 1.88. The zero-order valence-electron chi connectivity index (χ0n) is 9.28. The third kappa shape index (κ3) is 4.91. The standard InChI is InChI=1S/C14H13N2.HI/c1-3-8-14(9-4-1)10-7-11-15-16-12-5-2-6-13-16;/h1-13H;1H/q+1;/p-1. The van der Waals surface area contributed by atoms with E-state index < -0.39 is 0 Å². The lowest BCUT2D eigenvalue weighted by molar-refractivity contribution is -0.678. The molecule has 2 aromatic rings. The second-order valence-electron chi connectivity index (χ2n) is 3.29. The van der Waals surface area contributed by atoms with Gasteiger partial charge in [0.1, 0.15) is 0 Å². The molecule has 86 valence electrons. The van der Waals surface area contributed by atoms with Crippen LogP contribution in [0.25, 0.3) is 6.08 Å². The molecule has 0 spiro atoms. The second kappa shape index (κ2) is 7.73. The summed E-state index contributed by atoms with van der Waals surface area (Å²) in [4.78, 5) is 0. The van der Waals surface area contributed by atoms with Crippen molar-refractivity contribution in [2.24, 2.45) is 5.10 Å². The van der Waals surface area contributed by atoms with E-state index in [0.717, 1.165) is 0 Å². The van der Waals surface area contributed by atoms with Gasteiger partial charge in [-0.25, -0.2) is 0 Å². The van der Waals surface area contributed by atoms with Crippen LogP contribution < -0.4 is 28.7 Å². The van der Waals surface area contributed by atoms with Gasteiger partial charge in [0.25, 0.3) is 0 Å². The van der Waals surface area contributed by atoms with Gasteiger partial charge in [-0.15, -0.1) is 0 Å². The number of benzene rings is 1. The number of rotatable bonds is 3. The van der Waals surface area contributed by atoms with E-state index in [1.54, 1.807) is 10.9 Å². The molecular weight excluding hydrogens is 323 g/mol. The highest BCUT2D eigenvalue weighted by atomic mass is 127. The number of nitrogens with zero attached hydrogens (tertiary/aromatic N) is 2. The second-order valence-corrected chi connectivity index (χ2v) is 3.29. The summed E-state index contributed by atoms with van der Waals surface area (Å²) >= 11 is 0. The van der Waals surface area contributed by atoms with Gasteiger partial charge in [-0.05, 0) is 16.7 Å². The average molecular weight is 336 g/mol. The Hall–Kier alpha value is -1.49. The molecule has 0 aliphatic heterocycles. The van der Waals surface area contributed by atoms with Gasteiger partial charge in [-0.1, -0.05) is 47.2 Å². The van der Waals surface area contributed by atoms with Crippen LogP contribution in [0.2, 0.25) is 0 Å². The third-order valence-corrected chi connectivity index (χ3v) is 2.07. The molecule has 1 heterocycles. The fraction of sp³-hybridized carbons (Fsp3) is 0. The molecule has 3 heteroatoms. The first kappa shape index (κ1) is 13.6. The highest BCUT2D eigenvalue weighted by molar-refractivity contribution is 5.77. The van der Waals surface area contributed by atoms with Crippen LogP contribution in [0.3, 0.4) is 0 Å². The molecule has 0 saturated heterocycles. The molecule has 2 rings (SSSR count). The van der Waals surface area contributed by atoms with Crippen molar-refractivity contribution in [1.82, 2.24) is 0 Å². The first-order valence-corrected chi connectivity index (χ1v) is 5.17. The molecule has 0 aliphatic rings. The Bertz CT molecular complexity index is 431. The van der Waals surface area contributed by atoms with Crippen LogP contribution >= 0.6 is 0 Å². The Morgan fingerprint density at radius 2 is 1.53 bits per heavy atom. The quantitative estimate of drug-likeness (QED) is 0.409. The number of pyridine rings is 1. The number of halogens is 1. The lowest BCUT2D eigenvalue weighted by atomic mass is 10.2. The molecule has 0 fully saturated rings. The van der Waals surface area contributed by atoms with Crippen LogP contribution in [0.4, 0.5) is 0 Å². The number of aromatic nitrogens is 1. The topological polar surface area (TPSA) is 16.2 Å². The third-order valence-electron chi connectivity index (χ3n) is 2.07. The van der Waals surface area contributed by atoms with Crippen LogP contribution in [0.15, 0.2) is 72.1 Å². The van der Waals surface area contributed by atoms with Crippen LogP contribution in [0.5, 0.6) is 0 Å². The monoisotopic (exact) mass is 336 g/mol. The molecule has 0 N–H and O–H groups in total. The number of hydrogen-bond acceptors (Lipinski definition) is 1. The molecule has 0 radical (unpaired) electrons. The Labute approximate surface area is 118 Å². The molecule has 0 amide bonds. The predicted molar refractivity (Wildman–Crippen MR) is 66.0 cm³/mol. The molecule has 17 heavy (non-hydrogen) atoms. The molecule has 0 saturated carbocycles. The Kier molecular flexibility index (Phi) is 6.17. The normalized spacial score (nSPS) is 10.6. The van der Waals surface area contributed by atoms with Gasteiger partial charge in [0, 0.05) is 12.1 Å². The lowest BCUT2D eigenvalue weighted by Crippen LogP contribution is -3.00. The van der Waals surface area contributed by atoms with Crippen molar-refractivity contribution in [1.29, 1.82) is 0 Å². The maximum absolute atomic E-state index is 4.23. The predicted octanol–water partition coefficient (Wildman–Crippen LogP) is -0.475. The zero-order chi connectivity index (χ0) is 11.1. The van der Waals surface area contributed by atoms with E-state index in [4.69, 9.17) is 0 Å². The lowest BCUT2D eigenvalue weighted by Gasteiger charge is -1.87. The van der Waals surface area contributed by atoms with Gasteiger partial charge in [0.2, 0.25) is 12.4 Å². The maximum Gasteiger partial charge on any atom is 0.202 e. The Balaban J connectivity index is 0.00000144. The van der Waals surface area contributed by atoms with Gasteiger partial charge in [-0.2, -0.15) is 0 Å². The fourth-order valence-electron chi connectivity index (χ4n) is 1.30. The summed E-state index contributed by atoms with van der Waals surface area (Å²) in [5, 5.41) is 4.23. The van der Waals surface area contributed by atoms with Crippen molar-refractivity contribution in [2.45, 2.75) is 0 Å². The maximum atomic E-state index is 4.23. The van der Waals surface area contributed by atoms with Crippen LogP contribution in [-0.2, 0) is 0 Å².